The molecule has 0 aliphatic heterocycles. The Morgan fingerprint density at radius 2 is 1.62 bits per heavy atom. The van der Waals surface area contributed by atoms with Crippen molar-refractivity contribution in [2.45, 2.75) is 32.6 Å². The van der Waals surface area contributed by atoms with E-state index in [0.717, 1.165) is 44.8 Å². The van der Waals surface area contributed by atoms with Crippen molar-refractivity contribution < 1.29 is 27.1 Å². The Bertz CT molecular complexity index is 1090. The van der Waals surface area contributed by atoms with Crippen molar-refractivity contribution in [3.63, 3.8) is 0 Å². The molecule has 156 valence electrons. The molecule has 0 aliphatic rings. The van der Waals surface area contributed by atoms with Gasteiger partial charge in [0.15, 0.2) is 6.61 Å². The molecule has 0 aliphatic carbocycles. The number of hydrogen-bond donors (Lipinski definition) is 0. The van der Waals surface area contributed by atoms with Gasteiger partial charge in [0, 0.05) is 19.7 Å². The smallest absolute Gasteiger partial charge is 0.341 e. The topological polar surface area (TPSA) is 80.8 Å². The van der Waals surface area contributed by atoms with E-state index in [1.54, 1.807) is 6.92 Å². The molecule has 0 amide bonds. The van der Waals surface area contributed by atoms with Crippen LogP contribution in [0.15, 0.2) is 29.2 Å². The summed E-state index contributed by atoms with van der Waals surface area (Å²) in [6.45, 7) is 6.89. The Morgan fingerprint density at radius 1 is 1.00 bits per heavy atom. The highest BCUT2D eigenvalue weighted by atomic mass is 32.2. The summed E-state index contributed by atoms with van der Waals surface area (Å²) in [5, 5.41) is 0. The van der Waals surface area contributed by atoms with Gasteiger partial charge in [-0.25, -0.2) is 21.9 Å². The third kappa shape index (κ3) is 4.54. The highest BCUT2D eigenvalue weighted by Crippen LogP contribution is 2.23. The molecule has 6 nitrogen and oxygen atoms in total. The van der Waals surface area contributed by atoms with Crippen LogP contribution in [-0.2, 0) is 14.8 Å². The van der Waals surface area contributed by atoms with E-state index in [4.69, 9.17) is 4.74 Å². The monoisotopic (exact) mass is 421 g/mol. The zero-order valence-electron chi connectivity index (χ0n) is 17.3. The molecule has 2 rings (SSSR count). The van der Waals surface area contributed by atoms with Crippen LogP contribution in [0.3, 0.4) is 0 Å². The van der Waals surface area contributed by atoms with Gasteiger partial charge < -0.3 is 4.74 Å². The van der Waals surface area contributed by atoms with Gasteiger partial charge in [0.05, 0.1) is 10.5 Å². The average molecular weight is 421 g/mol. The number of hydrogen-bond acceptors (Lipinski definition) is 5. The van der Waals surface area contributed by atoms with Gasteiger partial charge in [0.2, 0.25) is 15.8 Å². The van der Waals surface area contributed by atoms with E-state index in [1.807, 2.05) is 26.8 Å². The van der Waals surface area contributed by atoms with E-state index in [1.165, 1.54) is 14.1 Å². The largest absolute Gasteiger partial charge is 0.454 e. The van der Waals surface area contributed by atoms with E-state index in [-0.39, 0.29) is 4.90 Å². The molecule has 0 radical (unpaired) electrons. The molecule has 0 aromatic heterocycles. The van der Waals surface area contributed by atoms with Crippen LogP contribution in [0, 0.1) is 33.5 Å². The Balaban J connectivity index is 2.27. The maximum atomic E-state index is 14.1. The lowest BCUT2D eigenvalue weighted by atomic mass is 9.92. The van der Waals surface area contributed by atoms with E-state index < -0.39 is 39.8 Å². The molecule has 0 heterocycles. The summed E-state index contributed by atoms with van der Waals surface area (Å²) in [6, 6.07) is 4.73. The lowest BCUT2D eigenvalue weighted by molar-refractivity contribution is 0.0469. The lowest BCUT2D eigenvalue weighted by Crippen LogP contribution is -2.23. The van der Waals surface area contributed by atoms with Crippen LogP contribution >= 0.6 is 0 Å². The molecule has 2 aromatic rings. The summed E-state index contributed by atoms with van der Waals surface area (Å²) < 4.78 is 44.4. The summed E-state index contributed by atoms with van der Waals surface area (Å²) in [4.78, 5) is 24.7. The van der Waals surface area contributed by atoms with Crippen LogP contribution in [0.2, 0.25) is 0 Å². The minimum absolute atomic E-state index is 0.247. The standard InChI is InChI=1S/C21H24FNO5S/c1-12-9-13(2)20(15(4)14(12)3)19(24)11-28-21(25)17-10-16(7-8-18(17)22)29(26,27)23(5)6/h7-10H,11H2,1-6H3. The maximum absolute atomic E-state index is 14.1. The molecular weight excluding hydrogens is 397 g/mol. The first-order chi connectivity index (χ1) is 13.4. The summed E-state index contributed by atoms with van der Waals surface area (Å²) in [7, 11) is -1.21. The fraction of sp³-hybridized carbons (Fsp3) is 0.333. The van der Waals surface area contributed by atoms with Crippen molar-refractivity contribution in [1.29, 1.82) is 0 Å². The molecule has 29 heavy (non-hydrogen) atoms. The van der Waals surface area contributed by atoms with Crippen LogP contribution in [0.5, 0.6) is 0 Å². The van der Waals surface area contributed by atoms with E-state index in [0.29, 0.717) is 5.56 Å². The quantitative estimate of drug-likeness (QED) is 0.528. The Morgan fingerprint density at radius 3 is 2.21 bits per heavy atom. The van der Waals surface area contributed by atoms with Crippen LogP contribution < -0.4 is 0 Å². The maximum Gasteiger partial charge on any atom is 0.341 e. The van der Waals surface area contributed by atoms with E-state index in [9.17, 15) is 22.4 Å². The van der Waals surface area contributed by atoms with Crippen molar-refractivity contribution in [1.82, 2.24) is 4.31 Å². The summed E-state index contributed by atoms with van der Waals surface area (Å²) in [6.07, 6.45) is 0. The van der Waals surface area contributed by atoms with Crippen molar-refractivity contribution >= 4 is 21.8 Å². The fourth-order valence-corrected chi connectivity index (χ4v) is 3.95. The number of carbonyl (C=O) groups is 2. The highest BCUT2D eigenvalue weighted by molar-refractivity contribution is 7.89. The zero-order chi connectivity index (χ0) is 22.1. The van der Waals surface area contributed by atoms with Crippen molar-refractivity contribution in [3.8, 4) is 0 Å². The lowest BCUT2D eigenvalue weighted by Gasteiger charge is -2.15. The first kappa shape index (κ1) is 22.7. The molecule has 0 unspecified atom stereocenters. The molecule has 0 spiro atoms. The molecule has 0 bridgehead atoms. The second kappa shape index (κ2) is 8.42. The number of sulfonamides is 1. The molecule has 0 N–H and O–H groups in total. The number of halogens is 1. The van der Waals surface area contributed by atoms with Crippen LogP contribution in [0.4, 0.5) is 4.39 Å². The number of rotatable bonds is 6. The van der Waals surface area contributed by atoms with Crippen molar-refractivity contribution in [2.24, 2.45) is 0 Å². The Hall–Kier alpha value is -2.58. The van der Waals surface area contributed by atoms with Gasteiger partial charge in [-0.15, -0.1) is 0 Å². The summed E-state index contributed by atoms with van der Waals surface area (Å²) in [5.41, 5.74) is 3.50. The molecule has 8 heteroatoms. The molecule has 0 atom stereocenters. The molecule has 0 saturated heterocycles. The van der Waals surface area contributed by atoms with Gasteiger partial charge in [-0.2, -0.15) is 0 Å². The van der Waals surface area contributed by atoms with Crippen LogP contribution in [-0.4, -0.2) is 45.2 Å². The third-order valence-electron chi connectivity index (χ3n) is 4.91. The number of nitrogens with zero attached hydrogens (tertiary/aromatic N) is 1. The number of ether oxygens (including phenoxy) is 1. The average Bonchev–Trinajstić information content (AvgIpc) is 2.64. The minimum Gasteiger partial charge on any atom is -0.454 e. The Labute approximate surface area is 170 Å². The number of esters is 1. The second-order valence-electron chi connectivity index (χ2n) is 7.06. The minimum atomic E-state index is -3.85. The summed E-state index contributed by atoms with van der Waals surface area (Å²) in [5.74, 6) is -2.45. The van der Waals surface area contributed by atoms with E-state index >= 15 is 0 Å². The van der Waals surface area contributed by atoms with Gasteiger partial charge in [-0.1, -0.05) is 6.07 Å². The van der Waals surface area contributed by atoms with Crippen molar-refractivity contribution in [3.05, 3.63) is 63.5 Å². The van der Waals surface area contributed by atoms with Crippen molar-refractivity contribution in [2.75, 3.05) is 20.7 Å². The van der Waals surface area contributed by atoms with Gasteiger partial charge in [-0.05, 0) is 68.1 Å². The predicted octanol–water partition coefficient (Wildman–Crippen LogP) is 3.35. The number of aryl methyl sites for hydroxylation is 2. The first-order valence-electron chi connectivity index (χ1n) is 8.87. The van der Waals surface area contributed by atoms with Gasteiger partial charge in [-0.3, -0.25) is 4.79 Å². The number of Topliss-reactive ketones (excluding diaryl/α,β-unsaturated/α-hetero) is 1. The zero-order valence-corrected chi connectivity index (χ0v) is 18.1. The van der Waals surface area contributed by atoms with Gasteiger partial charge in [0.25, 0.3) is 0 Å². The van der Waals surface area contributed by atoms with Gasteiger partial charge in [0.1, 0.15) is 5.82 Å². The first-order valence-corrected chi connectivity index (χ1v) is 10.3. The van der Waals surface area contributed by atoms with Crippen LogP contribution in [0.1, 0.15) is 43.0 Å². The number of benzene rings is 2. The summed E-state index contributed by atoms with van der Waals surface area (Å²) >= 11 is 0. The van der Waals surface area contributed by atoms with Gasteiger partial charge >= 0.3 is 5.97 Å². The highest BCUT2D eigenvalue weighted by Gasteiger charge is 2.23. The molecule has 0 fully saturated rings. The Kier molecular flexibility index (Phi) is 6.60. The molecular formula is C21H24FNO5S. The number of ketones is 1. The molecule has 2 aromatic carbocycles. The molecule has 0 saturated carbocycles. The predicted molar refractivity (Wildman–Crippen MR) is 107 cm³/mol. The van der Waals surface area contributed by atoms with E-state index in [2.05, 4.69) is 0 Å². The fourth-order valence-electron chi connectivity index (χ4n) is 3.03. The SMILES string of the molecule is Cc1cc(C)c(C(=O)COC(=O)c2cc(S(=O)(=O)N(C)C)ccc2F)c(C)c1C. The normalized spacial score (nSPS) is 11.6. The second-order valence-corrected chi connectivity index (χ2v) is 9.22. The van der Waals surface area contributed by atoms with Crippen LogP contribution in [0.25, 0.3) is 0 Å². The number of carbonyl (C=O) groups excluding carboxylic acids is 2. The third-order valence-corrected chi connectivity index (χ3v) is 6.72.